The van der Waals surface area contributed by atoms with Gasteiger partial charge < -0.3 is 5.32 Å². The molecule has 1 N–H and O–H groups in total. The zero-order valence-electron chi connectivity index (χ0n) is 11.2. The molecular weight excluding hydrogens is 262 g/mol. The summed E-state index contributed by atoms with van der Waals surface area (Å²) in [7, 11) is 1.92. The van der Waals surface area contributed by atoms with Crippen molar-refractivity contribution in [1.29, 1.82) is 0 Å². The summed E-state index contributed by atoms with van der Waals surface area (Å²) in [6.45, 7) is 2.92. The zero-order chi connectivity index (χ0) is 13.7. The van der Waals surface area contributed by atoms with Gasteiger partial charge in [-0.25, -0.2) is 9.97 Å². The number of aryl methyl sites for hydroxylation is 1. The molecule has 0 aromatic carbocycles. The van der Waals surface area contributed by atoms with Crippen molar-refractivity contribution in [3.05, 3.63) is 35.0 Å². The normalized spacial score (nSPS) is 10.7. The molecule has 0 amide bonds. The van der Waals surface area contributed by atoms with Crippen molar-refractivity contribution in [3.8, 4) is 0 Å². The molecule has 0 radical (unpaired) electrons. The van der Waals surface area contributed by atoms with Gasteiger partial charge in [-0.1, -0.05) is 24.9 Å². The number of anilines is 1. The first-order valence-electron chi connectivity index (χ1n) is 6.41. The van der Waals surface area contributed by atoms with E-state index in [0.717, 1.165) is 37.2 Å². The van der Waals surface area contributed by atoms with E-state index < -0.39 is 0 Å². The highest BCUT2D eigenvalue weighted by molar-refractivity contribution is 6.30. The number of hydrogen-bond acceptors (Lipinski definition) is 4. The van der Waals surface area contributed by atoms with Crippen LogP contribution in [0.25, 0.3) is 0 Å². The summed E-state index contributed by atoms with van der Waals surface area (Å²) < 4.78 is 1.80. The average molecular weight is 280 g/mol. The van der Waals surface area contributed by atoms with Crippen LogP contribution in [0.3, 0.4) is 0 Å². The third-order valence-corrected chi connectivity index (χ3v) is 3.18. The van der Waals surface area contributed by atoms with Crippen LogP contribution in [0.1, 0.15) is 24.5 Å². The van der Waals surface area contributed by atoms with E-state index in [1.807, 2.05) is 19.4 Å². The molecule has 2 heterocycles. The summed E-state index contributed by atoms with van der Waals surface area (Å²) in [5.74, 6) is 0.839. The van der Waals surface area contributed by atoms with E-state index in [9.17, 15) is 0 Å². The van der Waals surface area contributed by atoms with Gasteiger partial charge in [-0.2, -0.15) is 5.10 Å². The fourth-order valence-corrected chi connectivity index (χ4v) is 2.17. The summed E-state index contributed by atoms with van der Waals surface area (Å²) in [6.07, 6.45) is 8.19. The van der Waals surface area contributed by atoms with E-state index >= 15 is 0 Å². The van der Waals surface area contributed by atoms with Crippen LogP contribution in [-0.2, 0) is 19.9 Å². The molecule has 0 saturated heterocycles. The maximum atomic E-state index is 6.10. The second-order valence-electron chi connectivity index (χ2n) is 4.44. The molecule has 0 fully saturated rings. The summed E-state index contributed by atoms with van der Waals surface area (Å²) in [6, 6.07) is 0. The maximum Gasteiger partial charge on any atom is 0.137 e. The van der Waals surface area contributed by atoms with Gasteiger partial charge in [0.05, 0.1) is 6.20 Å². The molecule has 2 aromatic rings. The second kappa shape index (κ2) is 6.52. The molecule has 0 aliphatic rings. The second-order valence-corrected chi connectivity index (χ2v) is 4.80. The van der Waals surface area contributed by atoms with Crippen LogP contribution in [0.5, 0.6) is 0 Å². The highest BCUT2D eigenvalue weighted by atomic mass is 35.5. The maximum absolute atomic E-state index is 6.10. The quantitative estimate of drug-likeness (QED) is 0.826. The van der Waals surface area contributed by atoms with Crippen LogP contribution in [0, 0.1) is 0 Å². The van der Waals surface area contributed by atoms with E-state index in [2.05, 4.69) is 27.3 Å². The SMILES string of the molecule is CCCc1c(Cl)ncnc1NCCc1cnn(C)c1. The lowest BCUT2D eigenvalue weighted by Gasteiger charge is -2.10. The summed E-state index contributed by atoms with van der Waals surface area (Å²) >= 11 is 6.10. The van der Waals surface area contributed by atoms with Gasteiger partial charge in [-0.05, 0) is 18.4 Å². The minimum atomic E-state index is 0.542. The molecule has 0 aliphatic carbocycles. The molecule has 0 unspecified atom stereocenters. The number of halogens is 1. The molecule has 0 spiro atoms. The smallest absolute Gasteiger partial charge is 0.137 e. The Kier molecular flexibility index (Phi) is 4.74. The number of hydrogen-bond donors (Lipinski definition) is 1. The minimum Gasteiger partial charge on any atom is -0.369 e. The predicted molar refractivity (Wildman–Crippen MR) is 76.4 cm³/mol. The van der Waals surface area contributed by atoms with Crippen LogP contribution < -0.4 is 5.32 Å². The molecule has 0 bridgehead atoms. The van der Waals surface area contributed by atoms with Gasteiger partial charge in [-0.15, -0.1) is 0 Å². The third kappa shape index (κ3) is 3.67. The summed E-state index contributed by atoms with van der Waals surface area (Å²) in [5.41, 5.74) is 2.20. The first-order valence-corrected chi connectivity index (χ1v) is 6.79. The fraction of sp³-hybridized carbons (Fsp3) is 0.462. The van der Waals surface area contributed by atoms with E-state index in [1.165, 1.54) is 11.9 Å². The monoisotopic (exact) mass is 279 g/mol. The number of rotatable bonds is 6. The molecule has 5 nitrogen and oxygen atoms in total. The number of nitrogens with one attached hydrogen (secondary N) is 1. The van der Waals surface area contributed by atoms with Gasteiger partial charge in [0, 0.05) is 25.4 Å². The van der Waals surface area contributed by atoms with Gasteiger partial charge in [0.15, 0.2) is 0 Å². The molecule has 2 rings (SSSR count). The first-order chi connectivity index (χ1) is 9.20. The summed E-state index contributed by atoms with van der Waals surface area (Å²) in [5, 5.41) is 8.01. The molecule has 19 heavy (non-hydrogen) atoms. The Hall–Kier alpha value is -1.62. The van der Waals surface area contributed by atoms with Crippen LogP contribution >= 0.6 is 11.6 Å². The molecular formula is C13H18ClN5. The molecule has 0 atom stereocenters. The molecule has 2 aromatic heterocycles. The Morgan fingerprint density at radius 3 is 2.84 bits per heavy atom. The Morgan fingerprint density at radius 2 is 2.16 bits per heavy atom. The Morgan fingerprint density at radius 1 is 1.32 bits per heavy atom. The van der Waals surface area contributed by atoms with E-state index in [-0.39, 0.29) is 0 Å². The van der Waals surface area contributed by atoms with Crippen LogP contribution in [-0.4, -0.2) is 26.3 Å². The lowest BCUT2D eigenvalue weighted by atomic mass is 10.2. The van der Waals surface area contributed by atoms with Crippen molar-refractivity contribution in [2.75, 3.05) is 11.9 Å². The molecule has 102 valence electrons. The first kappa shape index (κ1) is 13.8. The van der Waals surface area contributed by atoms with Crippen molar-refractivity contribution in [2.45, 2.75) is 26.2 Å². The van der Waals surface area contributed by atoms with Crippen molar-refractivity contribution < 1.29 is 0 Å². The van der Waals surface area contributed by atoms with Crippen molar-refractivity contribution >= 4 is 17.4 Å². The largest absolute Gasteiger partial charge is 0.369 e. The van der Waals surface area contributed by atoms with Crippen LogP contribution in [0.15, 0.2) is 18.7 Å². The lowest BCUT2D eigenvalue weighted by molar-refractivity contribution is 0.766. The Labute approximate surface area is 118 Å². The van der Waals surface area contributed by atoms with Crippen molar-refractivity contribution in [2.24, 2.45) is 7.05 Å². The van der Waals surface area contributed by atoms with E-state index in [4.69, 9.17) is 11.6 Å². The van der Waals surface area contributed by atoms with E-state index in [0.29, 0.717) is 5.15 Å². The van der Waals surface area contributed by atoms with Crippen LogP contribution in [0.2, 0.25) is 5.15 Å². The number of aromatic nitrogens is 4. The predicted octanol–water partition coefficient (Wildman–Crippen LogP) is 2.47. The zero-order valence-corrected chi connectivity index (χ0v) is 12.0. The highest BCUT2D eigenvalue weighted by Crippen LogP contribution is 2.21. The van der Waals surface area contributed by atoms with Gasteiger partial charge in [-0.3, -0.25) is 4.68 Å². The van der Waals surface area contributed by atoms with Gasteiger partial charge >= 0.3 is 0 Å². The van der Waals surface area contributed by atoms with Gasteiger partial charge in [0.1, 0.15) is 17.3 Å². The number of nitrogens with zero attached hydrogens (tertiary/aromatic N) is 4. The third-order valence-electron chi connectivity index (χ3n) is 2.86. The highest BCUT2D eigenvalue weighted by Gasteiger charge is 2.08. The standard InChI is InChI=1S/C13H18ClN5/c1-3-4-11-12(14)16-9-17-13(11)15-6-5-10-7-18-19(2)8-10/h7-9H,3-6H2,1-2H3,(H,15,16,17). The summed E-state index contributed by atoms with van der Waals surface area (Å²) in [4.78, 5) is 8.30. The fourth-order valence-electron chi connectivity index (χ4n) is 1.94. The average Bonchev–Trinajstić information content (AvgIpc) is 2.79. The van der Waals surface area contributed by atoms with Gasteiger partial charge in [0.25, 0.3) is 0 Å². The molecule has 0 saturated carbocycles. The van der Waals surface area contributed by atoms with Crippen LogP contribution in [0.4, 0.5) is 5.82 Å². The van der Waals surface area contributed by atoms with E-state index in [1.54, 1.807) is 4.68 Å². The Balaban J connectivity index is 1.97. The Bertz CT molecular complexity index is 538. The van der Waals surface area contributed by atoms with Crippen molar-refractivity contribution in [3.63, 3.8) is 0 Å². The minimum absolute atomic E-state index is 0.542. The van der Waals surface area contributed by atoms with Gasteiger partial charge in [0.2, 0.25) is 0 Å². The topological polar surface area (TPSA) is 55.6 Å². The lowest BCUT2D eigenvalue weighted by Crippen LogP contribution is -2.09. The molecule has 6 heteroatoms. The molecule has 0 aliphatic heterocycles. The van der Waals surface area contributed by atoms with Crippen molar-refractivity contribution in [1.82, 2.24) is 19.7 Å².